The summed E-state index contributed by atoms with van der Waals surface area (Å²) in [6.07, 6.45) is 1.99. The molecular formula is C22H18BrN3O5. The highest BCUT2D eigenvalue weighted by atomic mass is 79.9. The quantitative estimate of drug-likeness (QED) is 0.413. The van der Waals surface area contributed by atoms with Crippen molar-refractivity contribution >= 4 is 55.6 Å². The first-order chi connectivity index (χ1) is 15.0. The van der Waals surface area contributed by atoms with Crippen LogP contribution in [0.4, 0.5) is 5.69 Å². The minimum Gasteiger partial charge on any atom is -0.462 e. The molecule has 158 valence electrons. The third-order valence-corrected chi connectivity index (χ3v) is 5.07. The molecule has 2 heterocycles. The second kappa shape index (κ2) is 8.73. The van der Waals surface area contributed by atoms with Crippen LogP contribution >= 0.6 is 15.9 Å². The number of fused-ring (bicyclic) bond motifs is 3. The number of ether oxygens (including phenoxy) is 1. The fourth-order valence-electron chi connectivity index (χ4n) is 3.14. The van der Waals surface area contributed by atoms with Gasteiger partial charge in [-0.2, -0.15) is 0 Å². The van der Waals surface area contributed by atoms with Crippen LogP contribution in [0.3, 0.4) is 0 Å². The summed E-state index contributed by atoms with van der Waals surface area (Å²) in [5.74, 6) is -1.03. The normalized spacial score (nSPS) is 11.0. The highest BCUT2D eigenvalue weighted by Crippen LogP contribution is 2.24. The Labute approximate surface area is 185 Å². The van der Waals surface area contributed by atoms with E-state index in [-0.39, 0.29) is 24.3 Å². The lowest BCUT2D eigenvalue weighted by Crippen LogP contribution is -2.28. The molecule has 0 bridgehead atoms. The number of nitrogens with zero attached hydrogens (tertiary/aromatic N) is 2. The maximum absolute atomic E-state index is 12.8. The Kier molecular flexibility index (Phi) is 5.85. The number of aromatic nitrogens is 2. The van der Waals surface area contributed by atoms with Crippen molar-refractivity contribution in [1.82, 2.24) is 9.55 Å². The Morgan fingerprint density at radius 1 is 1.23 bits per heavy atom. The summed E-state index contributed by atoms with van der Waals surface area (Å²) >= 11 is 3.32. The van der Waals surface area contributed by atoms with Crippen LogP contribution in [0.5, 0.6) is 0 Å². The predicted octanol–water partition coefficient (Wildman–Crippen LogP) is 4.11. The van der Waals surface area contributed by atoms with Gasteiger partial charge >= 0.3 is 5.97 Å². The van der Waals surface area contributed by atoms with Gasteiger partial charge in [-0.3, -0.25) is 14.2 Å². The Balaban J connectivity index is 1.59. The summed E-state index contributed by atoms with van der Waals surface area (Å²) in [4.78, 5) is 42.0. The van der Waals surface area contributed by atoms with E-state index in [4.69, 9.17) is 9.15 Å². The minimum atomic E-state index is -0.541. The lowest BCUT2D eigenvalue weighted by atomic mass is 10.2. The monoisotopic (exact) mass is 483 g/mol. The fourth-order valence-corrected chi connectivity index (χ4v) is 3.50. The standard InChI is InChI=1S/C22H18BrN3O5/c1-2-9-30-22(29)15-10-13(23)7-8-16(15)25-18(27)11-26-12-24-19-14-5-3-4-6-17(14)31-20(19)21(26)28/h3-8,10,12H,2,9,11H2,1H3,(H,25,27). The summed E-state index contributed by atoms with van der Waals surface area (Å²) in [7, 11) is 0. The number of esters is 1. The van der Waals surface area contributed by atoms with E-state index in [1.54, 1.807) is 30.3 Å². The van der Waals surface area contributed by atoms with Gasteiger partial charge in [0.1, 0.15) is 17.6 Å². The first-order valence-electron chi connectivity index (χ1n) is 9.61. The SMILES string of the molecule is CCCOC(=O)c1cc(Br)ccc1NC(=O)Cn1cnc2c(oc3ccccc32)c1=O. The van der Waals surface area contributed by atoms with Crippen LogP contribution in [0, 0.1) is 0 Å². The zero-order chi connectivity index (χ0) is 22.0. The Bertz CT molecular complexity index is 1360. The van der Waals surface area contributed by atoms with Crippen molar-refractivity contribution in [3.8, 4) is 0 Å². The molecule has 1 amide bonds. The molecule has 0 aliphatic carbocycles. The second-order valence-corrected chi connectivity index (χ2v) is 7.74. The van der Waals surface area contributed by atoms with Crippen LogP contribution in [-0.2, 0) is 16.1 Å². The lowest BCUT2D eigenvalue weighted by molar-refractivity contribution is -0.116. The zero-order valence-corrected chi connectivity index (χ0v) is 18.1. The number of furan rings is 1. The molecule has 0 radical (unpaired) electrons. The third-order valence-electron chi connectivity index (χ3n) is 4.58. The van der Waals surface area contributed by atoms with E-state index >= 15 is 0 Å². The smallest absolute Gasteiger partial charge is 0.340 e. The van der Waals surface area contributed by atoms with Crippen LogP contribution in [-0.4, -0.2) is 28.0 Å². The molecule has 2 aromatic heterocycles. The molecule has 0 fully saturated rings. The molecule has 0 aliphatic rings. The molecule has 31 heavy (non-hydrogen) atoms. The van der Waals surface area contributed by atoms with Gasteiger partial charge in [-0.15, -0.1) is 0 Å². The van der Waals surface area contributed by atoms with Gasteiger partial charge in [0.15, 0.2) is 0 Å². The van der Waals surface area contributed by atoms with Crippen molar-refractivity contribution < 1.29 is 18.7 Å². The number of hydrogen-bond donors (Lipinski definition) is 1. The first-order valence-corrected chi connectivity index (χ1v) is 10.4. The highest BCUT2D eigenvalue weighted by molar-refractivity contribution is 9.10. The van der Waals surface area contributed by atoms with Crippen molar-refractivity contribution in [3.05, 3.63) is 69.2 Å². The average Bonchev–Trinajstić information content (AvgIpc) is 3.15. The second-order valence-electron chi connectivity index (χ2n) is 6.83. The Hall–Kier alpha value is -3.46. The number of nitrogens with one attached hydrogen (secondary N) is 1. The van der Waals surface area contributed by atoms with E-state index in [1.165, 1.54) is 6.33 Å². The predicted molar refractivity (Wildman–Crippen MR) is 119 cm³/mol. The molecule has 0 unspecified atom stereocenters. The van der Waals surface area contributed by atoms with Crippen molar-refractivity contribution in [2.45, 2.75) is 19.9 Å². The van der Waals surface area contributed by atoms with Crippen LogP contribution in [0.25, 0.3) is 22.1 Å². The first kappa shape index (κ1) is 20.8. The number of anilines is 1. The lowest BCUT2D eigenvalue weighted by Gasteiger charge is -2.12. The van der Waals surface area contributed by atoms with E-state index in [9.17, 15) is 14.4 Å². The number of benzene rings is 2. The van der Waals surface area contributed by atoms with Crippen LogP contribution < -0.4 is 10.9 Å². The highest BCUT2D eigenvalue weighted by Gasteiger charge is 2.18. The molecule has 0 saturated heterocycles. The van der Waals surface area contributed by atoms with E-state index in [0.717, 1.165) is 9.95 Å². The molecule has 0 atom stereocenters. The van der Waals surface area contributed by atoms with Crippen LogP contribution in [0.1, 0.15) is 23.7 Å². The molecular weight excluding hydrogens is 466 g/mol. The van der Waals surface area contributed by atoms with Gasteiger partial charge in [0.2, 0.25) is 11.5 Å². The number of rotatable bonds is 6. The van der Waals surface area contributed by atoms with E-state index in [1.807, 2.05) is 19.1 Å². The number of carbonyl (C=O) groups is 2. The molecule has 4 rings (SSSR count). The zero-order valence-electron chi connectivity index (χ0n) is 16.6. The molecule has 8 nitrogen and oxygen atoms in total. The average molecular weight is 484 g/mol. The minimum absolute atomic E-state index is 0.0870. The Morgan fingerprint density at radius 2 is 2.03 bits per heavy atom. The van der Waals surface area contributed by atoms with Gasteiger partial charge in [0.25, 0.3) is 5.56 Å². The van der Waals surface area contributed by atoms with Crippen molar-refractivity contribution in [2.24, 2.45) is 0 Å². The maximum Gasteiger partial charge on any atom is 0.340 e. The number of carbonyl (C=O) groups excluding carboxylic acids is 2. The topological polar surface area (TPSA) is 103 Å². The molecule has 9 heteroatoms. The van der Waals surface area contributed by atoms with E-state index in [2.05, 4.69) is 26.2 Å². The van der Waals surface area contributed by atoms with Gasteiger partial charge in [0, 0.05) is 9.86 Å². The molecule has 0 spiro atoms. The van der Waals surface area contributed by atoms with E-state index in [0.29, 0.717) is 27.7 Å². The molecule has 1 N–H and O–H groups in total. The molecule has 0 aliphatic heterocycles. The Morgan fingerprint density at radius 3 is 2.84 bits per heavy atom. The van der Waals surface area contributed by atoms with Gasteiger partial charge < -0.3 is 14.5 Å². The van der Waals surface area contributed by atoms with Gasteiger partial charge in [-0.25, -0.2) is 9.78 Å². The summed E-state index contributed by atoms with van der Waals surface area (Å²) in [6.45, 7) is 1.87. The van der Waals surface area contributed by atoms with E-state index < -0.39 is 17.4 Å². The van der Waals surface area contributed by atoms with Crippen molar-refractivity contribution in [3.63, 3.8) is 0 Å². The maximum atomic E-state index is 12.8. The fraction of sp³-hybridized carbons (Fsp3) is 0.182. The van der Waals surface area contributed by atoms with Crippen LogP contribution in [0.15, 0.2) is 62.5 Å². The largest absolute Gasteiger partial charge is 0.462 e. The summed E-state index contributed by atoms with van der Waals surface area (Å²) in [5, 5.41) is 3.40. The number of hydrogen-bond acceptors (Lipinski definition) is 6. The molecule has 2 aromatic carbocycles. The number of halogens is 1. The summed E-state index contributed by atoms with van der Waals surface area (Å²) in [5.41, 5.74) is 1.13. The molecule has 0 saturated carbocycles. The number of para-hydroxylation sites is 1. The van der Waals surface area contributed by atoms with Crippen LogP contribution in [0.2, 0.25) is 0 Å². The summed E-state index contributed by atoms with van der Waals surface area (Å²) in [6, 6.07) is 12.1. The van der Waals surface area contributed by atoms with Crippen molar-refractivity contribution in [1.29, 1.82) is 0 Å². The van der Waals surface area contributed by atoms with Gasteiger partial charge in [-0.1, -0.05) is 35.0 Å². The molecule has 4 aromatic rings. The van der Waals surface area contributed by atoms with Gasteiger partial charge in [0.05, 0.1) is 24.2 Å². The summed E-state index contributed by atoms with van der Waals surface area (Å²) < 4.78 is 12.6. The number of amides is 1. The van der Waals surface area contributed by atoms with Gasteiger partial charge in [-0.05, 0) is 36.8 Å². The third kappa shape index (κ3) is 4.22. The van der Waals surface area contributed by atoms with Crippen molar-refractivity contribution in [2.75, 3.05) is 11.9 Å².